The van der Waals surface area contributed by atoms with Crippen LogP contribution < -0.4 is 5.32 Å². The monoisotopic (exact) mass is 422 g/mol. The summed E-state index contributed by atoms with van der Waals surface area (Å²) in [5.41, 5.74) is 3.91. The van der Waals surface area contributed by atoms with Crippen LogP contribution in [0.15, 0.2) is 41.8 Å². The summed E-state index contributed by atoms with van der Waals surface area (Å²) < 4.78 is 0. The van der Waals surface area contributed by atoms with E-state index in [9.17, 15) is 4.79 Å². The van der Waals surface area contributed by atoms with Gasteiger partial charge in [0.2, 0.25) is 11.9 Å². The van der Waals surface area contributed by atoms with E-state index < -0.39 is 0 Å². The highest BCUT2D eigenvalue weighted by Crippen LogP contribution is 2.20. The summed E-state index contributed by atoms with van der Waals surface area (Å²) in [5, 5.41) is 5.77. The molecular weight excluding hydrogens is 396 g/mol. The first-order valence-electron chi connectivity index (χ1n) is 10.1. The van der Waals surface area contributed by atoms with Gasteiger partial charge in [-0.2, -0.15) is 0 Å². The van der Waals surface area contributed by atoms with Gasteiger partial charge in [-0.25, -0.2) is 15.0 Å². The van der Waals surface area contributed by atoms with Gasteiger partial charge in [0, 0.05) is 49.5 Å². The number of carbonyl (C=O) groups is 1. The molecule has 8 heteroatoms. The van der Waals surface area contributed by atoms with Crippen molar-refractivity contribution in [3.63, 3.8) is 0 Å². The van der Waals surface area contributed by atoms with Crippen molar-refractivity contribution in [2.75, 3.05) is 31.5 Å². The Kier molecular flexibility index (Phi) is 6.35. The van der Waals surface area contributed by atoms with Crippen molar-refractivity contribution >= 4 is 28.3 Å². The summed E-state index contributed by atoms with van der Waals surface area (Å²) in [6.07, 6.45) is 0.324. The minimum absolute atomic E-state index is 0.133. The second-order valence-electron chi connectivity index (χ2n) is 7.56. The highest BCUT2D eigenvalue weighted by Gasteiger charge is 2.22. The lowest BCUT2D eigenvalue weighted by Crippen LogP contribution is -2.48. The van der Waals surface area contributed by atoms with Crippen molar-refractivity contribution in [3.8, 4) is 0 Å². The van der Waals surface area contributed by atoms with Gasteiger partial charge in [0.1, 0.15) is 0 Å². The molecule has 7 nitrogen and oxygen atoms in total. The highest BCUT2D eigenvalue weighted by atomic mass is 32.1. The van der Waals surface area contributed by atoms with Gasteiger partial charge in [-0.15, -0.1) is 11.3 Å². The molecule has 0 saturated carbocycles. The molecule has 1 N–H and O–H groups in total. The normalized spacial score (nSPS) is 14.7. The first-order valence-corrected chi connectivity index (χ1v) is 11.0. The van der Waals surface area contributed by atoms with Gasteiger partial charge >= 0.3 is 0 Å². The third-order valence-electron chi connectivity index (χ3n) is 5.06. The molecule has 0 aliphatic carbocycles. The highest BCUT2D eigenvalue weighted by molar-refractivity contribution is 7.13. The molecule has 1 aromatic carbocycles. The number of thiazole rings is 1. The van der Waals surface area contributed by atoms with Crippen LogP contribution in [0.25, 0.3) is 0 Å². The number of hydrogen-bond donors (Lipinski definition) is 1. The Morgan fingerprint density at radius 1 is 1.03 bits per heavy atom. The van der Waals surface area contributed by atoms with Gasteiger partial charge < -0.3 is 10.2 Å². The number of amides is 1. The molecule has 1 aliphatic heterocycles. The molecular formula is C22H26N6OS. The molecule has 0 spiro atoms. The molecule has 1 saturated heterocycles. The fraction of sp³-hybridized carbons (Fsp3) is 0.364. The Morgan fingerprint density at radius 2 is 1.73 bits per heavy atom. The van der Waals surface area contributed by atoms with E-state index in [0.29, 0.717) is 17.5 Å². The predicted octanol–water partition coefficient (Wildman–Crippen LogP) is 3.18. The molecule has 0 bridgehead atoms. The van der Waals surface area contributed by atoms with Gasteiger partial charge in [0.05, 0.1) is 12.1 Å². The zero-order chi connectivity index (χ0) is 20.9. The summed E-state index contributed by atoms with van der Waals surface area (Å²) in [4.78, 5) is 30.3. The standard InChI is InChI=1S/C22H26N6OS/c1-16-12-17(2)24-21(23-16)26-22-25-19(15-30-22)13-20(29)28-10-8-27(9-11-28)14-18-6-4-3-5-7-18/h3-7,12,15H,8-11,13-14H2,1-2H3,(H,23,24,25,26). The van der Waals surface area contributed by atoms with Crippen molar-refractivity contribution in [2.45, 2.75) is 26.8 Å². The fourth-order valence-electron chi connectivity index (χ4n) is 3.59. The van der Waals surface area contributed by atoms with E-state index in [0.717, 1.165) is 49.8 Å². The largest absolute Gasteiger partial charge is 0.340 e. The fourth-order valence-corrected chi connectivity index (χ4v) is 4.29. The first kappa shape index (κ1) is 20.4. The van der Waals surface area contributed by atoms with Gasteiger partial charge in [0.15, 0.2) is 5.13 Å². The topological polar surface area (TPSA) is 74.2 Å². The van der Waals surface area contributed by atoms with Crippen LogP contribution in [-0.2, 0) is 17.8 Å². The Labute approximate surface area is 180 Å². The van der Waals surface area contributed by atoms with E-state index in [2.05, 4.69) is 49.4 Å². The number of aromatic nitrogens is 3. The molecule has 3 aromatic rings. The molecule has 30 heavy (non-hydrogen) atoms. The second-order valence-corrected chi connectivity index (χ2v) is 8.42. The summed E-state index contributed by atoms with van der Waals surface area (Å²) >= 11 is 1.47. The van der Waals surface area contributed by atoms with Gasteiger partial charge in [0.25, 0.3) is 0 Å². The Balaban J connectivity index is 1.27. The number of nitrogens with zero attached hydrogens (tertiary/aromatic N) is 5. The third kappa shape index (κ3) is 5.40. The minimum atomic E-state index is 0.133. The van der Waals surface area contributed by atoms with Crippen LogP contribution in [0.2, 0.25) is 0 Å². The van der Waals surface area contributed by atoms with Crippen molar-refractivity contribution < 1.29 is 4.79 Å². The van der Waals surface area contributed by atoms with Gasteiger partial charge in [-0.1, -0.05) is 30.3 Å². The van der Waals surface area contributed by atoms with E-state index in [-0.39, 0.29) is 5.91 Å². The van der Waals surface area contributed by atoms with Crippen LogP contribution in [0.1, 0.15) is 22.6 Å². The molecule has 1 amide bonds. The lowest BCUT2D eigenvalue weighted by molar-refractivity contribution is -0.132. The number of carbonyl (C=O) groups excluding carboxylic acids is 1. The Morgan fingerprint density at radius 3 is 2.43 bits per heavy atom. The van der Waals surface area contributed by atoms with E-state index in [1.807, 2.05) is 36.3 Å². The SMILES string of the molecule is Cc1cc(C)nc(Nc2nc(CC(=O)N3CCN(Cc4ccccc4)CC3)cs2)n1. The van der Waals surface area contributed by atoms with Crippen molar-refractivity contribution in [2.24, 2.45) is 0 Å². The van der Waals surface area contributed by atoms with Crippen LogP contribution in [-0.4, -0.2) is 56.8 Å². The molecule has 1 aliphatic rings. The second kappa shape index (κ2) is 9.32. The Bertz CT molecular complexity index is 978. The lowest BCUT2D eigenvalue weighted by Gasteiger charge is -2.34. The number of anilines is 2. The summed E-state index contributed by atoms with van der Waals surface area (Å²) in [5.74, 6) is 0.670. The number of piperazine rings is 1. The molecule has 2 aromatic heterocycles. The lowest BCUT2D eigenvalue weighted by atomic mass is 10.2. The summed E-state index contributed by atoms with van der Waals surface area (Å²) in [6.45, 7) is 8.12. The van der Waals surface area contributed by atoms with Crippen LogP contribution in [0, 0.1) is 13.8 Å². The van der Waals surface area contributed by atoms with Crippen LogP contribution in [0.5, 0.6) is 0 Å². The molecule has 156 valence electrons. The zero-order valence-corrected chi connectivity index (χ0v) is 18.2. The average Bonchev–Trinajstić information content (AvgIpc) is 3.15. The van der Waals surface area contributed by atoms with Crippen molar-refractivity contribution in [1.29, 1.82) is 0 Å². The number of benzene rings is 1. The van der Waals surface area contributed by atoms with Gasteiger partial charge in [-0.05, 0) is 25.5 Å². The average molecular weight is 423 g/mol. The predicted molar refractivity (Wildman–Crippen MR) is 119 cm³/mol. The first-order chi connectivity index (χ1) is 14.5. The maximum absolute atomic E-state index is 12.7. The molecule has 3 heterocycles. The number of rotatable bonds is 6. The minimum Gasteiger partial charge on any atom is -0.340 e. The van der Waals surface area contributed by atoms with E-state index in [1.165, 1.54) is 16.9 Å². The Hall–Kier alpha value is -2.84. The van der Waals surface area contributed by atoms with E-state index in [4.69, 9.17) is 0 Å². The molecule has 1 fully saturated rings. The van der Waals surface area contributed by atoms with Crippen LogP contribution in [0.4, 0.5) is 11.1 Å². The molecule has 0 radical (unpaired) electrons. The van der Waals surface area contributed by atoms with E-state index >= 15 is 0 Å². The van der Waals surface area contributed by atoms with Crippen LogP contribution in [0.3, 0.4) is 0 Å². The van der Waals surface area contributed by atoms with E-state index in [1.54, 1.807) is 0 Å². The summed E-state index contributed by atoms with van der Waals surface area (Å²) in [7, 11) is 0. The quantitative estimate of drug-likeness (QED) is 0.658. The zero-order valence-electron chi connectivity index (χ0n) is 17.3. The number of hydrogen-bond acceptors (Lipinski definition) is 7. The molecule has 4 rings (SSSR count). The molecule has 0 unspecified atom stereocenters. The number of aryl methyl sites for hydroxylation is 2. The smallest absolute Gasteiger partial charge is 0.229 e. The van der Waals surface area contributed by atoms with Crippen molar-refractivity contribution in [1.82, 2.24) is 24.8 Å². The number of nitrogens with one attached hydrogen (secondary N) is 1. The van der Waals surface area contributed by atoms with Gasteiger partial charge in [-0.3, -0.25) is 9.69 Å². The van der Waals surface area contributed by atoms with Crippen molar-refractivity contribution in [3.05, 3.63) is 64.4 Å². The summed E-state index contributed by atoms with van der Waals surface area (Å²) in [6, 6.07) is 12.4. The maximum atomic E-state index is 12.7. The maximum Gasteiger partial charge on any atom is 0.229 e. The van der Waals surface area contributed by atoms with Crippen LogP contribution >= 0.6 is 11.3 Å². The third-order valence-corrected chi connectivity index (χ3v) is 5.87. The molecule has 0 atom stereocenters.